The standard InChI is InChI=1S/C11H19N5O/c1-4-13-11(17)7-16(5-2)10-6-9(12)14-8(3)15-10/h6H,4-5,7H2,1-3H3,(H,13,17)(H2,12,14,15). The first-order chi connectivity index (χ1) is 8.06. The second kappa shape index (κ2) is 6.03. The molecule has 0 aliphatic heterocycles. The first kappa shape index (κ1) is 13.2. The number of nitrogens with one attached hydrogen (secondary N) is 1. The number of aryl methyl sites for hydroxylation is 1. The van der Waals surface area contributed by atoms with Crippen LogP contribution in [0.25, 0.3) is 0 Å². The first-order valence-electron chi connectivity index (χ1n) is 5.69. The van der Waals surface area contributed by atoms with E-state index in [1.54, 1.807) is 13.0 Å². The van der Waals surface area contributed by atoms with Gasteiger partial charge in [-0.1, -0.05) is 0 Å². The van der Waals surface area contributed by atoms with Crippen molar-refractivity contribution >= 4 is 17.5 Å². The summed E-state index contributed by atoms with van der Waals surface area (Å²) in [7, 11) is 0. The summed E-state index contributed by atoms with van der Waals surface area (Å²) in [5.74, 6) is 1.68. The van der Waals surface area contributed by atoms with Crippen molar-refractivity contribution in [2.24, 2.45) is 0 Å². The molecule has 6 heteroatoms. The fraction of sp³-hybridized carbons (Fsp3) is 0.545. The van der Waals surface area contributed by atoms with Crippen LogP contribution in [0, 0.1) is 6.92 Å². The molecule has 3 N–H and O–H groups in total. The number of nitrogens with zero attached hydrogens (tertiary/aromatic N) is 3. The van der Waals surface area contributed by atoms with Crippen LogP contribution in [0.3, 0.4) is 0 Å². The molecule has 0 saturated heterocycles. The molecular weight excluding hydrogens is 218 g/mol. The lowest BCUT2D eigenvalue weighted by Gasteiger charge is -2.21. The zero-order valence-electron chi connectivity index (χ0n) is 10.5. The third-order valence-electron chi connectivity index (χ3n) is 2.26. The highest BCUT2D eigenvalue weighted by Crippen LogP contribution is 2.13. The second-order valence-electron chi connectivity index (χ2n) is 3.67. The molecule has 0 radical (unpaired) electrons. The summed E-state index contributed by atoms with van der Waals surface area (Å²) in [6, 6.07) is 1.68. The van der Waals surface area contributed by atoms with Crippen molar-refractivity contribution in [1.82, 2.24) is 15.3 Å². The predicted molar refractivity (Wildman–Crippen MR) is 67.8 cm³/mol. The number of rotatable bonds is 5. The molecule has 0 unspecified atom stereocenters. The van der Waals surface area contributed by atoms with E-state index in [9.17, 15) is 4.79 Å². The molecule has 6 nitrogen and oxygen atoms in total. The van der Waals surface area contributed by atoms with Crippen molar-refractivity contribution in [3.8, 4) is 0 Å². The van der Waals surface area contributed by atoms with E-state index in [0.29, 0.717) is 30.5 Å². The lowest BCUT2D eigenvalue weighted by molar-refractivity contribution is -0.119. The van der Waals surface area contributed by atoms with Gasteiger partial charge in [-0.3, -0.25) is 4.79 Å². The van der Waals surface area contributed by atoms with Crippen molar-refractivity contribution in [1.29, 1.82) is 0 Å². The molecule has 1 amide bonds. The van der Waals surface area contributed by atoms with Gasteiger partial charge in [-0.15, -0.1) is 0 Å². The van der Waals surface area contributed by atoms with Gasteiger partial charge in [0, 0.05) is 19.2 Å². The van der Waals surface area contributed by atoms with Gasteiger partial charge in [0.1, 0.15) is 17.5 Å². The van der Waals surface area contributed by atoms with Gasteiger partial charge in [0.05, 0.1) is 6.54 Å². The summed E-state index contributed by atoms with van der Waals surface area (Å²) in [4.78, 5) is 21.7. The van der Waals surface area contributed by atoms with Crippen molar-refractivity contribution in [3.05, 3.63) is 11.9 Å². The van der Waals surface area contributed by atoms with Crippen molar-refractivity contribution < 1.29 is 4.79 Å². The van der Waals surface area contributed by atoms with E-state index in [4.69, 9.17) is 5.73 Å². The van der Waals surface area contributed by atoms with E-state index in [0.717, 1.165) is 0 Å². The molecule has 0 aromatic carbocycles. The third kappa shape index (κ3) is 3.90. The number of anilines is 2. The minimum Gasteiger partial charge on any atom is -0.384 e. The zero-order valence-corrected chi connectivity index (χ0v) is 10.5. The molecule has 0 atom stereocenters. The predicted octanol–water partition coefficient (Wildman–Crippen LogP) is 0.330. The number of nitrogen functional groups attached to an aromatic ring is 1. The number of amides is 1. The largest absolute Gasteiger partial charge is 0.384 e. The number of hydrogen-bond donors (Lipinski definition) is 2. The van der Waals surface area contributed by atoms with E-state index in [1.165, 1.54) is 0 Å². The molecule has 0 bridgehead atoms. The molecule has 1 aromatic rings. The summed E-state index contributed by atoms with van der Waals surface area (Å²) in [6.45, 7) is 7.22. The summed E-state index contributed by atoms with van der Waals surface area (Å²) in [6.07, 6.45) is 0. The molecule has 0 spiro atoms. The molecule has 0 saturated carbocycles. The van der Waals surface area contributed by atoms with Crippen LogP contribution in [0.5, 0.6) is 0 Å². The Morgan fingerprint density at radius 3 is 2.71 bits per heavy atom. The van der Waals surface area contributed by atoms with Crippen LogP contribution in [-0.2, 0) is 4.79 Å². The monoisotopic (exact) mass is 237 g/mol. The Bertz CT molecular complexity index is 373. The van der Waals surface area contributed by atoms with E-state index >= 15 is 0 Å². The average molecular weight is 237 g/mol. The summed E-state index contributed by atoms with van der Waals surface area (Å²) in [5.41, 5.74) is 5.66. The van der Waals surface area contributed by atoms with Crippen molar-refractivity contribution in [3.63, 3.8) is 0 Å². The van der Waals surface area contributed by atoms with Crippen molar-refractivity contribution in [2.45, 2.75) is 20.8 Å². The van der Waals surface area contributed by atoms with E-state index in [2.05, 4.69) is 15.3 Å². The van der Waals surface area contributed by atoms with Gasteiger partial charge in [-0.05, 0) is 20.8 Å². The Hall–Kier alpha value is -1.85. The van der Waals surface area contributed by atoms with Crippen LogP contribution in [0.4, 0.5) is 11.6 Å². The Morgan fingerprint density at radius 2 is 2.18 bits per heavy atom. The van der Waals surface area contributed by atoms with Crippen LogP contribution in [0.2, 0.25) is 0 Å². The molecule has 0 aliphatic rings. The normalized spacial score (nSPS) is 10.1. The lowest BCUT2D eigenvalue weighted by atomic mass is 10.4. The van der Waals surface area contributed by atoms with Gasteiger partial charge in [0.25, 0.3) is 0 Å². The fourth-order valence-corrected chi connectivity index (χ4v) is 1.52. The van der Waals surface area contributed by atoms with Gasteiger partial charge >= 0.3 is 0 Å². The summed E-state index contributed by atoms with van der Waals surface area (Å²) < 4.78 is 0. The quantitative estimate of drug-likeness (QED) is 0.771. The van der Waals surface area contributed by atoms with Crippen LogP contribution < -0.4 is 16.0 Å². The van der Waals surface area contributed by atoms with E-state index < -0.39 is 0 Å². The number of carbonyl (C=O) groups is 1. The van der Waals surface area contributed by atoms with Crippen LogP contribution in [0.1, 0.15) is 19.7 Å². The Labute approximate surface area is 101 Å². The maximum atomic E-state index is 11.5. The molecule has 0 fully saturated rings. The molecule has 1 heterocycles. The highest BCUT2D eigenvalue weighted by molar-refractivity contribution is 5.81. The Balaban J connectivity index is 2.82. The highest BCUT2D eigenvalue weighted by atomic mass is 16.2. The molecule has 94 valence electrons. The maximum absolute atomic E-state index is 11.5. The van der Waals surface area contributed by atoms with E-state index in [-0.39, 0.29) is 12.5 Å². The van der Waals surface area contributed by atoms with Gasteiger partial charge in [-0.2, -0.15) is 0 Å². The minimum atomic E-state index is -0.0239. The highest BCUT2D eigenvalue weighted by Gasteiger charge is 2.11. The SMILES string of the molecule is CCNC(=O)CN(CC)c1cc(N)nc(C)n1. The number of nitrogens with two attached hydrogens (primary N) is 1. The van der Waals surface area contributed by atoms with Gasteiger partial charge in [0.2, 0.25) is 5.91 Å². The topological polar surface area (TPSA) is 84.1 Å². The van der Waals surface area contributed by atoms with Gasteiger partial charge in [-0.25, -0.2) is 9.97 Å². The summed E-state index contributed by atoms with van der Waals surface area (Å²) in [5, 5.41) is 2.75. The molecule has 1 rings (SSSR count). The average Bonchev–Trinajstić information content (AvgIpc) is 2.24. The van der Waals surface area contributed by atoms with Crippen molar-refractivity contribution in [2.75, 3.05) is 30.3 Å². The second-order valence-corrected chi connectivity index (χ2v) is 3.67. The molecule has 1 aromatic heterocycles. The molecule has 17 heavy (non-hydrogen) atoms. The first-order valence-corrected chi connectivity index (χ1v) is 5.69. The zero-order chi connectivity index (χ0) is 12.8. The fourth-order valence-electron chi connectivity index (χ4n) is 1.52. The smallest absolute Gasteiger partial charge is 0.239 e. The molecular formula is C11H19N5O. The van der Waals surface area contributed by atoms with Crippen LogP contribution >= 0.6 is 0 Å². The number of likely N-dealkylation sites (N-methyl/N-ethyl adjacent to an activating group) is 2. The van der Waals surface area contributed by atoms with Gasteiger partial charge < -0.3 is 16.0 Å². The Morgan fingerprint density at radius 1 is 1.47 bits per heavy atom. The number of aromatic nitrogens is 2. The minimum absolute atomic E-state index is 0.0239. The third-order valence-corrected chi connectivity index (χ3v) is 2.26. The number of hydrogen-bond acceptors (Lipinski definition) is 5. The molecule has 0 aliphatic carbocycles. The Kier molecular flexibility index (Phi) is 4.68. The lowest BCUT2D eigenvalue weighted by Crippen LogP contribution is -2.37. The van der Waals surface area contributed by atoms with E-state index in [1.807, 2.05) is 18.7 Å². The van der Waals surface area contributed by atoms with Crippen LogP contribution in [-0.4, -0.2) is 35.5 Å². The maximum Gasteiger partial charge on any atom is 0.239 e. The van der Waals surface area contributed by atoms with Crippen LogP contribution in [0.15, 0.2) is 6.07 Å². The summed E-state index contributed by atoms with van der Waals surface area (Å²) >= 11 is 0. The number of carbonyl (C=O) groups excluding carboxylic acids is 1. The van der Waals surface area contributed by atoms with Gasteiger partial charge in [0.15, 0.2) is 0 Å².